The van der Waals surface area contributed by atoms with Crippen molar-refractivity contribution >= 4 is 12.0 Å². The van der Waals surface area contributed by atoms with E-state index in [1.165, 1.54) is 12.8 Å². The molecule has 1 aliphatic rings. The Labute approximate surface area is 108 Å². The highest BCUT2D eigenvalue weighted by Crippen LogP contribution is 2.32. The van der Waals surface area contributed by atoms with Crippen LogP contribution in [0.15, 0.2) is 18.2 Å². The molecule has 0 saturated carbocycles. The number of hydrogen-bond donors (Lipinski definition) is 0. The van der Waals surface area contributed by atoms with Crippen molar-refractivity contribution in [2.24, 2.45) is 5.92 Å². The Balaban J connectivity index is 2.38. The average molecular weight is 242 g/mol. The molecule has 3 heteroatoms. The van der Waals surface area contributed by atoms with Gasteiger partial charge < -0.3 is 4.90 Å². The smallest absolute Gasteiger partial charge is 0.150 e. The van der Waals surface area contributed by atoms with Gasteiger partial charge in [-0.2, -0.15) is 5.26 Å². The normalized spacial score (nSPS) is 19.0. The fourth-order valence-electron chi connectivity index (χ4n) is 2.75. The van der Waals surface area contributed by atoms with Crippen LogP contribution in [0.2, 0.25) is 0 Å². The zero-order valence-corrected chi connectivity index (χ0v) is 10.9. The van der Waals surface area contributed by atoms with Gasteiger partial charge in [-0.3, -0.25) is 4.79 Å². The number of hydrogen-bond acceptors (Lipinski definition) is 3. The van der Waals surface area contributed by atoms with Crippen molar-refractivity contribution in [3.8, 4) is 6.07 Å². The standard InChI is InChI=1S/C15H18N2O/c1-11(2)14-4-3-7-17(14)15-6-5-12(10-18)8-13(15)9-16/h5-6,8,10-11,14H,3-4,7H2,1-2H3. The predicted octanol–water partition coefficient (Wildman–Crippen LogP) is 3.00. The maximum absolute atomic E-state index is 10.8. The molecular weight excluding hydrogens is 224 g/mol. The van der Waals surface area contributed by atoms with Crippen LogP contribution in [-0.4, -0.2) is 18.9 Å². The van der Waals surface area contributed by atoms with Gasteiger partial charge in [0.2, 0.25) is 0 Å². The van der Waals surface area contributed by atoms with Crippen LogP contribution < -0.4 is 4.90 Å². The summed E-state index contributed by atoms with van der Waals surface area (Å²) < 4.78 is 0. The van der Waals surface area contributed by atoms with E-state index in [4.69, 9.17) is 0 Å². The van der Waals surface area contributed by atoms with Gasteiger partial charge in [-0.15, -0.1) is 0 Å². The van der Waals surface area contributed by atoms with Crippen LogP contribution in [0.25, 0.3) is 0 Å². The first-order valence-corrected chi connectivity index (χ1v) is 6.43. The fraction of sp³-hybridized carbons (Fsp3) is 0.467. The molecule has 0 bridgehead atoms. The van der Waals surface area contributed by atoms with Crippen LogP contribution in [0.5, 0.6) is 0 Å². The van der Waals surface area contributed by atoms with E-state index < -0.39 is 0 Å². The second kappa shape index (κ2) is 5.22. The van der Waals surface area contributed by atoms with Crippen molar-refractivity contribution in [2.45, 2.75) is 32.7 Å². The molecule has 1 atom stereocenters. The lowest BCUT2D eigenvalue weighted by Crippen LogP contribution is -2.33. The molecule has 18 heavy (non-hydrogen) atoms. The monoisotopic (exact) mass is 242 g/mol. The number of anilines is 1. The van der Waals surface area contributed by atoms with Crippen LogP contribution in [-0.2, 0) is 0 Å². The Morgan fingerprint density at radius 3 is 2.89 bits per heavy atom. The van der Waals surface area contributed by atoms with Gasteiger partial charge in [-0.25, -0.2) is 0 Å². The molecule has 0 spiro atoms. The number of carbonyl (C=O) groups is 1. The van der Waals surface area contributed by atoms with Gasteiger partial charge in [0.25, 0.3) is 0 Å². The highest BCUT2D eigenvalue weighted by molar-refractivity contribution is 5.78. The molecular formula is C15H18N2O. The summed E-state index contributed by atoms with van der Waals surface area (Å²) in [5.41, 5.74) is 2.14. The molecule has 1 fully saturated rings. The van der Waals surface area contributed by atoms with Crippen LogP contribution in [0.3, 0.4) is 0 Å². The molecule has 3 nitrogen and oxygen atoms in total. The summed E-state index contributed by atoms with van der Waals surface area (Å²) in [6.07, 6.45) is 3.13. The van der Waals surface area contributed by atoms with Gasteiger partial charge in [0, 0.05) is 18.2 Å². The van der Waals surface area contributed by atoms with E-state index in [1.807, 2.05) is 6.07 Å². The summed E-state index contributed by atoms with van der Waals surface area (Å²) >= 11 is 0. The maximum atomic E-state index is 10.8. The highest BCUT2D eigenvalue weighted by atomic mass is 16.1. The lowest BCUT2D eigenvalue weighted by atomic mass is 10.0. The summed E-state index contributed by atoms with van der Waals surface area (Å²) in [5.74, 6) is 0.574. The quantitative estimate of drug-likeness (QED) is 0.765. The summed E-state index contributed by atoms with van der Waals surface area (Å²) in [7, 11) is 0. The number of benzene rings is 1. The predicted molar refractivity (Wildman–Crippen MR) is 71.8 cm³/mol. The number of nitrogens with zero attached hydrogens (tertiary/aromatic N) is 2. The zero-order valence-electron chi connectivity index (χ0n) is 10.9. The topological polar surface area (TPSA) is 44.1 Å². The van der Waals surface area contributed by atoms with Gasteiger partial charge in [-0.05, 0) is 37.0 Å². The Kier molecular flexibility index (Phi) is 3.66. The van der Waals surface area contributed by atoms with E-state index in [-0.39, 0.29) is 0 Å². The zero-order chi connectivity index (χ0) is 13.1. The second-order valence-electron chi connectivity index (χ2n) is 5.15. The minimum Gasteiger partial charge on any atom is -0.367 e. The molecule has 94 valence electrons. The first-order chi connectivity index (χ1) is 8.67. The van der Waals surface area contributed by atoms with Gasteiger partial charge in [-0.1, -0.05) is 13.8 Å². The molecule has 0 radical (unpaired) electrons. The molecule has 1 aliphatic heterocycles. The SMILES string of the molecule is CC(C)C1CCCN1c1ccc(C=O)cc1C#N. The number of carbonyl (C=O) groups excluding carboxylic acids is 1. The molecule has 0 aliphatic carbocycles. The van der Waals surface area contributed by atoms with Crippen molar-refractivity contribution in [2.75, 3.05) is 11.4 Å². The molecule has 1 aromatic carbocycles. The first-order valence-electron chi connectivity index (χ1n) is 6.43. The number of nitriles is 1. The average Bonchev–Trinajstić information content (AvgIpc) is 2.87. The van der Waals surface area contributed by atoms with Crippen LogP contribution in [0.4, 0.5) is 5.69 Å². The lowest BCUT2D eigenvalue weighted by molar-refractivity contribution is 0.112. The highest BCUT2D eigenvalue weighted by Gasteiger charge is 2.28. The van der Waals surface area contributed by atoms with Gasteiger partial charge in [0.1, 0.15) is 12.4 Å². The minimum absolute atomic E-state index is 0.499. The third-order valence-electron chi connectivity index (χ3n) is 3.66. The van der Waals surface area contributed by atoms with Gasteiger partial charge in [0.15, 0.2) is 0 Å². The molecule has 0 N–H and O–H groups in total. The number of rotatable bonds is 3. The largest absolute Gasteiger partial charge is 0.367 e. The van der Waals surface area contributed by atoms with Gasteiger partial charge >= 0.3 is 0 Å². The third kappa shape index (κ3) is 2.24. The van der Waals surface area contributed by atoms with E-state index >= 15 is 0 Å². The molecule has 2 rings (SSSR count). The Bertz CT molecular complexity index is 488. The Morgan fingerprint density at radius 2 is 2.28 bits per heavy atom. The van der Waals surface area contributed by atoms with Crippen LogP contribution in [0.1, 0.15) is 42.6 Å². The molecule has 0 aromatic heterocycles. The van der Waals surface area contributed by atoms with Crippen molar-refractivity contribution in [3.05, 3.63) is 29.3 Å². The molecule has 1 saturated heterocycles. The van der Waals surface area contributed by atoms with E-state index in [1.54, 1.807) is 12.1 Å². The first kappa shape index (κ1) is 12.6. The van der Waals surface area contributed by atoms with E-state index in [9.17, 15) is 10.1 Å². The summed E-state index contributed by atoms with van der Waals surface area (Å²) in [4.78, 5) is 13.1. The Morgan fingerprint density at radius 1 is 1.50 bits per heavy atom. The number of aldehydes is 1. The third-order valence-corrected chi connectivity index (χ3v) is 3.66. The summed E-state index contributed by atoms with van der Waals surface area (Å²) in [5, 5.41) is 9.23. The summed E-state index contributed by atoms with van der Waals surface area (Å²) in [6.45, 7) is 5.43. The van der Waals surface area contributed by atoms with Crippen LogP contribution >= 0.6 is 0 Å². The fourth-order valence-corrected chi connectivity index (χ4v) is 2.75. The van der Waals surface area contributed by atoms with Crippen molar-refractivity contribution in [3.63, 3.8) is 0 Å². The lowest BCUT2D eigenvalue weighted by Gasteiger charge is -2.30. The van der Waals surface area contributed by atoms with E-state index in [2.05, 4.69) is 24.8 Å². The molecule has 1 unspecified atom stereocenters. The van der Waals surface area contributed by atoms with Crippen molar-refractivity contribution < 1.29 is 4.79 Å². The van der Waals surface area contributed by atoms with Gasteiger partial charge in [0.05, 0.1) is 11.3 Å². The van der Waals surface area contributed by atoms with Crippen molar-refractivity contribution in [1.29, 1.82) is 5.26 Å². The van der Waals surface area contributed by atoms with Crippen LogP contribution in [0, 0.1) is 17.2 Å². The molecule has 1 aromatic rings. The summed E-state index contributed by atoms with van der Waals surface area (Å²) in [6, 6.07) is 8.08. The molecule has 0 amide bonds. The molecule has 1 heterocycles. The second-order valence-corrected chi connectivity index (χ2v) is 5.15. The van der Waals surface area contributed by atoms with E-state index in [0.29, 0.717) is 23.1 Å². The van der Waals surface area contributed by atoms with Crippen molar-refractivity contribution in [1.82, 2.24) is 0 Å². The Hall–Kier alpha value is -1.82. The van der Waals surface area contributed by atoms with E-state index in [0.717, 1.165) is 18.5 Å². The maximum Gasteiger partial charge on any atom is 0.150 e. The minimum atomic E-state index is 0.499.